The van der Waals surface area contributed by atoms with Gasteiger partial charge in [0.2, 0.25) is 6.41 Å². The van der Waals surface area contributed by atoms with Crippen LogP contribution < -0.4 is 10.9 Å². The van der Waals surface area contributed by atoms with Crippen LogP contribution in [0.25, 0.3) is 5.69 Å². The Labute approximate surface area is 136 Å². The summed E-state index contributed by atoms with van der Waals surface area (Å²) in [4.78, 5) is 23.9. The summed E-state index contributed by atoms with van der Waals surface area (Å²) >= 11 is 0. The predicted molar refractivity (Wildman–Crippen MR) is 93.3 cm³/mol. The number of aromatic nitrogens is 2. The number of amides is 1. The van der Waals surface area contributed by atoms with Gasteiger partial charge < -0.3 is 5.32 Å². The van der Waals surface area contributed by atoms with Gasteiger partial charge in [0.15, 0.2) is 0 Å². The standard InChI is InChI=1S/C18H25N3O2/c1-13(2)11-20-17(23)15(19-12-22)16(18(3,4)5)21(20)14-9-7-6-8-10-14/h6-10,12-13H,11H2,1-5H3,(H,19,22). The largest absolute Gasteiger partial charge is 0.323 e. The number of hydrogen-bond donors (Lipinski definition) is 1. The van der Waals surface area contributed by atoms with Crippen LogP contribution in [0.4, 0.5) is 5.69 Å². The molecule has 2 rings (SSSR count). The molecule has 1 heterocycles. The number of nitrogens with zero attached hydrogens (tertiary/aromatic N) is 2. The van der Waals surface area contributed by atoms with Crippen molar-refractivity contribution >= 4 is 12.1 Å². The van der Waals surface area contributed by atoms with Gasteiger partial charge in [-0.25, -0.2) is 4.68 Å². The fraction of sp³-hybridized carbons (Fsp3) is 0.444. The summed E-state index contributed by atoms with van der Waals surface area (Å²) in [6, 6.07) is 9.77. The fourth-order valence-electron chi connectivity index (χ4n) is 2.78. The maximum Gasteiger partial charge on any atom is 0.291 e. The molecule has 0 atom stereocenters. The summed E-state index contributed by atoms with van der Waals surface area (Å²) in [5, 5.41) is 2.62. The third-order valence-corrected chi connectivity index (χ3v) is 3.59. The topological polar surface area (TPSA) is 56.0 Å². The van der Waals surface area contributed by atoms with Crippen molar-refractivity contribution in [2.45, 2.75) is 46.6 Å². The van der Waals surface area contributed by atoms with E-state index < -0.39 is 0 Å². The van der Waals surface area contributed by atoms with E-state index in [0.29, 0.717) is 24.6 Å². The Kier molecular flexibility index (Phi) is 4.78. The summed E-state index contributed by atoms with van der Waals surface area (Å²) in [5.41, 5.74) is 1.61. The second-order valence-corrected chi connectivity index (χ2v) is 7.16. The molecule has 1 amide bonds. The fourth-order valence-corrected chi connectivity index (χ4v) is 2.78. The van der Waals surface area contributed by atoms with Gasteiger partial charge in [0.05, 0.1) is 11.4 Å². The number of carbonyl (C=O) groups is 1. The van der Waals surface area contributed by atoms with Gasteiger partial charge in [-0.1, -0.05) is 52.8 Å². The normalized spacial score (nSPS) is 11.7. The van der Waals surface area contributed by atoms with Crippen LogP contribution >= 0.6 is 0 Å². The maximum atomic E-state index is 12.9. The molecule has 5 nitrogen and oxygen atoms in total. The van der Waals surface area contributed by atoms with Crippen molar-refractivity contribution in [1.82, 2.24) is 9.36 Å². The molecule has 1 aromatic carbocycles. The molecule has 1 N–H and O–H groups in total. The minimum Gasteiger partial charge on any atom is -0.323 e. The van der Waals surface area contributed by atoms with Crippen LogP contribution in [0.5, 0.6) is 0 Å². The number of rotatable bonds is 5. The number of para-hydroxylation sites is 1. The van der Waals surface area contributed by atoms with Crippen LogP contribution in [0.2, 0.25) is 0 Å². The van der Waals surface area contributed by atoms with E-state index in [1.165, 1.54) is 0 Å². The van der Waals surface area contributed by atoms with Crippen molar-refractivity contribution in [3.8, 4) is 5.69 Å². The van der Waals surface area contributed by atoms with Gasteiger partial charge >= 0.3 is 0 Å². The molecule has 0 bridgehead atoms. The lowest BCUT2D eigenvalue weighted by molar-refractivity contribution is -0.105. The van der Waals surface area contributed by atoms with Crippen molar-refractivity contribution < 1.29 is 4.79 Å². The van der Waals surface area contributed by atoms with Crippen molar-refractivity contribution in [2.75, 3.05) is 5.32 Å². The van der Waals surface area contributed by atoms with Gasteiger partial charge in [-0.15, -0.1) is 0 Å². The lowest BCUT2D eigenvalue weighted by Crippen LogP contribution is -2.26. The summed E-state index contributed by atoms with van der Waals surface area (Å²) in [6.45, 7) is 10.8. The van der Waals surface area contributed by atoms with Gasteiger partial charge in [-0.2, -0.15) is 0 Å². The van der Waals surface area contributed by atoms with Crippen molar-refractivity contribution in [3.05, 3.63) is 46.4 Å². The Morgan fingerprint density at radius 3 is 2.26 bits per heavy atom. The first-order valence-electron chi connectivity index (χ1n) is 7.89. The third-order valence-electron chi connectivity index (χ3n) is 3.59. The van der Waals surface area contributed by atoms with E-state index in [2.05, 4.69) is 19.2 Å². The zero-order valence-electron chi connectivity index (χ0n) is 14.5. The second kappa shape index (κ2) is 6.44. The molecule has 1 aromatic heterocycles. The van der Waals surface area contributed by atoms with Crippen LogP contribution in [-0.4, -0.2) is 15.8 Å². The highest BCUT2D eigenvalue weighted by Crippen LogP contribution is 2.30. The molecule has 0 saturated heterocycles. The first kappa shape index (κ1) is 17.1. The molecule has 124 valence electrons. The smallest absolute Gasteiger partial charge is 0.291 e. The van der Waals surface area contributed by atoms with E-state index >= 15 is 0 Å². The molecular formula is C18H25N3O2. The lowest BCUT2D eigenvalue weighted by Gasteiger charge is -2.24. The first-order valence-corrected chi connectivity index (χ1v) is 7.89. The van der Waals surface area contributed by atoms with E-state index in [9.17, 15) is 9.59 Å². The van der Waals surface area contributed by atoms with E-state index in [0.717, 1.165) is 11.4 Å². The lowest BCUT2D eigenvalue weighted by atomic mass is 9.91. The van der Waals surface area contributed by atoms with E-state index in [-0.39, 0.29) is 11.0 Å². The first-order chi connectivity index (χ1) is 10.8. The van der Waals surface area contributed by atoms with Crippen LogP contribution in [-0.2, 0) is 16.8 Å². The SMILES string of the molecule is CC(C)Cn1c(=O)c(NC=O)c(C(C)(C)C)n1-c1ccccc1. The molecule has 0 spiro atoms. The number of carbonyl (C=O) groups excluding carboxylic acids is 1. The molecule has 0 aliphatic carbocycles. The van der Waals surface area contributed by atoms with Gasteiger partial charge in [-0.3, -0.25) is 14.3 Å². The van der Waals surface area contributed by atoms with Gasteiger partial charge in [0.1, 0.15) is 5.69 Å². The predicted octanol–water partition coefficient (Wildman–Crippen LogP) is 3.16. The molecule has 0 saturated carbocycles. The molecule has 0 aliphatic rings. The van der Waals surface area contributed by atoms with Crippen LogP contribution in [0.15, 0.2) is 35.1 Å². The Morgan fingerprint density at radius 2 is 1.78 bits per heavy atom. The summed E-state index contributed by atoms with van der Waals surface area (Å²) in [6.07, 6.45) is 0.570. The van der Waals surface area contributed by atoms with Gasteiger partial charge in [-0.05, 0) is 18.1 Å². The Bertz CT molecular complexity index is 734. The quantitative estimate of drug-likeness (QED) is 0.862. The summed E-state index contributed by atoms with van der Waals surface area (Å²) in [5.74, 6) is 0.307. The van der Waals surface area contributed by atoms with Crippen molar-refractivity contribution in [1.29, 1.82) is 0 Å². The molecule has 23 heavy (non-hydrogen) atoms. The van der Waals surface area contributed by atoms with E-state index in [1.54, 1.807) is 4.68 Å². The average molecular weight is 315 g/mol. The molecule has 2 aromatic rings. The average Bonchev–Trinajstić information content (AvgIpc) is 2.73. The molecule has 0 radical (unpaired) electrons. The minimum atomic E-state index is -0.303. The van der Waals surface area contributed by atoms with E-state index in [1.807, 2.05) is 55.8 Å². The highest BCUT2D eigenvalue weighted by molar-refractivity contribution is 5.73. The summed E-state index contributed by atoms with van der Waals surface area (Å²) in [7, 11) is 0. The minimum absolute atomic E-state index is 0.167. The Morgan fingerprint density at radius 1 is 1.17 bits per heavy atom. The van der Waals surface area contributed by atoms with E-state index in [4.69, 9.17) is 0 Å². The van der Waals surface area contributed by atoms with Crippen LogP contribution in [0.1, 0.15) is 40.3 Å². The van der Waals surface area contributed by atoms with Gasteiger partial charge in [0, 0.05) is 12.0 Å². The molecule has 0 fully saturated rings. The molecular weight excluding hydrogens is 290 g/mol. The highest BCUT2D eigenvalue weighted by atomic mass is 16.1. The Balaban J connectivity index is 2.86. The molecule has 0 aliphatic heterocycles. The molecule has 0 unspecified atom stereocenters. The zero-order chi connectivity index (χ0) is 17.2. The monoisotopic (exact) mass is 315 g/mol. The van der Waals surface area contributed by atoms with Crippen LogP contribution in [0, 0.1) is 5.92 Å². The van der Waals surface area contributed by atoms with Crippen molar-refractivity contribution in [3.63, 3.8) is 0 Å². The third kappa shape index (κ3) is 3.38. The van der Waals surface area contributed by atoms with Crippen molar-refractivity contribution in [2.24, 2.45) is 5.92 Å². The maximum absolute atomic E-state index is 12.9. The second-order valence-electron chi connectivity index (χ2n) is 7.16. The number of hydrogen-bond acceptors (Lipinski definition) is 2. The molecule has 5 heteroatoms. The number of benzene rings is 1. The number of nitrogens with one attached hydrogen (secondary N) is 1. The summed E-state index contributed by atoms with van der Waals surface area (Å²) < 4.78 is 3.65. The highest BCUT2D eigenvalue weighted by Gasteiger charge is 2.29. The number of anilines is 1. The van der Waals surface area contributed by atoms with Gasteiger partial charge in [0.25, 0.3) is 5.56 Å². The Hall–Kier alpha value is -2.30. The zero-order valence-corrected chi connectivity index (χ0v) is 14.5. The van der Waals surface area contributed by atoms with Crippen LogP contribution in [0.3, 0.4) is 0 Å².